The van der Waals surface area contributed by atoms with Crippen LogP contribution in [0.25, 0.3) is 0 Å². The first-order valence-electron chi connectivity index (χ1n) is 6.59. The van der Waals surface area contributed by atoms with Crippen LogP contribution < -0.4 is 5.73 Å². The number of hydrogen-bond donors (Lipinski definition) is 1. The molecule has 0 bridgehead atoms. The zero-order chi connectivity index (χ0) is 14.2. The van der Waals surface area contributed by atoms with E-state index in [9.17, 15) is 4.79 Å². The van der Waals surface area contributed by atoms with E-state index < -0.39 is 5.54 Å². The molecule has 0 saturated heterocycles. The lowest BCUT2D eigenvalue weighted by Gasteiger charge is -2.34. The molecule has 1 aromatic heterocycles. The molecule has 20 heavy (non-hydrogen) atoms. The van der Waals surface area contributed by atoms with Crippen molar-refractivity contribution in [3.05, 3.63) is 48.0 Å². The van der Waals surface area contributed by atoms with E-state index in [2.05, 4.69) is 10.2 Å². The van der Waals surface area contributed by atoms with Crippen molar-refractivity contribution in [2.24, 2.45) is 5.73 Å². The molecule has 0 saturated carbocycles. The molecule has 0 fully saturated rings. The first kappa shape index (κ1) is 12.8. The Balaban J connectivity index is 1.83. The van der Waals surface area contributed by atoms with E-state index >= 15 is 0 Å². The lowest BCUT2D eigenvalue weighted by Crippen LogP contribution is -2.52. The topological polar surface area (TPSA) is 77.0 Å². The van der Waals surface area contributed by atoms with E-state index in [1.807, 2.05) is 34.9 Å². The average molecular weight is 271 g/mol. The van der Waals surface area contributed by atoms with Crippen molar-refractivity contribution < 1.29 is 4.79 Å². The summed E-state index contributed by atoms with van der Waals surface area (Å²) in [7, 11) is 0. The molecule has 1 amide bonds. The van der Waals surface area contributed by atoms with Crippen molar-refractivity contribution in [3.8, 4) is 0 Å². The first-order valence-corrected chi connectivity index (χ1v) is 6.59. The Kier molecular flexibility index (Phi) is 3.02. The molecule has 2 N–H and O–H groups in total. The number of nitrogens with two attached hydrogens (primary N) is 1. The molecule has 104 valence electrons. The molecule has 0 radical (unpaired) electrons. The minimum Gasteiger partial charge on any atom is -0.331 e. The van der Waals surface area contributed by atoms with Crippen molar-refractivity contribution in [2.75, 3.05) is 6.54 Å². The maximum absolute atomic E-state index is 12.7. The highest BCUT2D eigenvalue weighted by molar-refractivity contribution is 5.87. The number of benzene rings is 1. The minimum absolute atomic E-state index is 0.0852. The zero-order valence-electron chi connectivity index (χ0n) is 11.4. The number of hydrogen-bond acceptors (Lipinski definition) is 4. The molecule has 1 aliphatic heterocycles. The summed E-state index contributed by atoms with van der Waals surface area (Å²) in [4.78, 5) is 14.4. The lowest BCUT2D eigenvalue weighted by molar-refractivity contribution is -0.138. The van der Waals surface area contributed by atoms with Crippen LogP contribution in [0.4, 0.5) is 0 Å². The highest BCUT2D eigenvalue weighted by Gasteiger charge is 2.36. The molecule has 2 aromatic rings. The van der Waals surface area contributed by atoms with Gasteiger partial charge >= 0.3 is 0 Å². The Hall–Kier alpha value is -2.21. The van der Waals surface area contributed by atoms with Crippen molar-refractivity contribution in [1.29, 1.82) is 0 Å². The average Bonchev–Trinajstić information content (AvgIpc) is 2.94. The number of fused-ring (bicyclic) bond motifs is 1. The predicted octanol–water partition coefficient (Wildman–Crippen LogP) is 0.494. The molecule has 6 heteroatoms. The van der Waals surface area contributed by atoms with E-state index in [1.165, 1.54) is 0 Å². The van der Waals surface area contributed by atoms with Gasteiger partial charge in [-0.15, -0.1) is 10.2 Å². The standard InChI is InChI=1S/C14H17N5O/c1-14(15,11-5-3-2-4-6-11)13(20)18-7-8-19-10-16-17-12(19)9-18/h2-6,10H,7-9,15H2,1H3. The van der Waals surface area contributed by atoms with Gasteiger partial charge in [-0.3, -0.25) is 4.79 Å². The molecular weight excluding hydrogens is 254 g/mol. The Labute approximate surface area is 117 Å². The van der Waals surface area contributed by atoms with E-state index in [0.29, 0.717) is 19.6 Å². The quantitative estimate of drug-likeness (QED) is 0.862. The Morgan fingerprint density at radius 2 is 2.05 bits per heavy atom. The van der Waals surface area contributed by atoms with Crippen LogP contribution in [0.5, 0.6) is 0 Å². The van der Waals surface area contributed by atoms with Crippen LogP contribution in [0.15, 0.2) is 36.7 Å². The molecule has 2 heterocycles. The third-order valence-electron chi connectivity index (χ3n) is 3.74. The number of carbonyl (C=O) groups is 1. The van der Waals surface area contributed by atoms with Gasteiger partial charge in [-0.05, 0) is 12.5 Å². The van der Waals surface area contributed by atoms with Gasteiger partial charge in [0.2, 0.25) is 5.91 Å². The SMILES string of the molecule is CC(N)(C(=O)N1CCn2cnnc2C1)c1ccccc1. The third-order valence-corrected chi connectivity index (χ3v) is 3.74. The largest absolute Gasteiger partial charge is 0.331 e. The number of carbonyl (C=O) groups excluding carboxylic acids is 1. The summed E-state index contributed by atoms with van der Waals surface area (Å²) in [6.07, 6.45) is 1.69. The normalized spacial score (nSPS) is 17.4. The van der Waals surface area contributed by atoms with Crippen molar-refractivity contribution >= 4 is 5.91 Å². The third kappa shape index (κ3) is 2.08. The van der Waals surface area contributed by atoms with Crippen LogP contribution >= 0.6 is 0 Å². The van der Waals surface area contributed by atoms with Gasteiger partial charge in [0.1, 0.15) is 11.9 Å². The second kappa shape index (κ2) is 4.72. The monoisotopic (exact) mass is 271 g/mol. The Morgan fingerprint density at radius 1 is 1.30 bits per heavy atom. The number of aromatic nitrogens is 3. The fraction of sp³-hybridized carbons (Fsp3) is 0.357. The summed E-state index contributed by atoms with van der Waals surface area (Å²) in [5, 5.41) is 7.88. The van der Waals surface area contributed by atoms with E-state index in [1.54, 1.807) is 18.2 Å². The van der Waals surface area contributed by atoms with E-state index in [4.69, 9.17) is 5.73 Å². The van der Waals surface area contributed by atoms with E-state index in [-0.39, 0.29) is 5.91 Å². The summed E-state index contributed by atoms with van der Waals surface area (Å²) in [5.41, 5.74) is 6.07. The number of rotatable bonds is 2. The summed E-state index contributed by atoms with van der Waals surface area (Å²) in [6.45, 7) is 3.55. The molecule has 1 aliphatic rings. The summed E-state index contributed by atoms with van der Waals surface area (Å²) >= 11 is 0. The Bertz CT molecular complexity index is 620. The van der Waals surface area contributed by atoms with Crippen LogP contribution in [0.3, 0.4) is 0 Å². The molecule has 0 spiro atoms. The van der Waals surface area contributed by atoms with E-state index in [0.717, 1.165) is 11.4 Å². The van der Waals surface area contributed by atoms with Crippen LogP contribution in [-0.2, 0) is 23.4 Å². The Morgan fingerprint density at radius 3 is 2.80 bits per heavy atom. The summed E-state index contributed by atoms with van der Waals surface area (Å²) in [5.74, 6) is 0.714. The van der Waals surface area contributed by atoms with Crippen LogP contribution in [0, 0.1) is 0 Å². The van der Waals surface area contributed by atoms with Crippen molar-refractivity contribution in [3.63, 3.8) is 0 Å². The van der Waals surface area contributed by atoms with Gasteiger partial charge in [-0.2, -0.15) is 0 Å². The maximum Gasteiger partial charge on any atom is 0.247 e. The summed E-state index contributed by atoms with van der Waals surface area (Å²) in [6, 6.07) is 9.45. The fourth-order valence-electron chi connectivity index (χ4n) is 2.48. The molecule has 6 nitrogen and oxygen atoms in total. The van der Waals surface area contributed by atoms with Crippen molar-refractivity contribution in [2.45, 2.75) is 25.6 Å². The van der Waals surface area contributed by atoms with Crippen LogP contribution in [-0.4, -0.2) is 32.1 Å². The lowest BCUT2D eigenvalue weighted by atomic mass is 9.91. The van der Waals surface area contributed by atoms with Crippen molar-refractivity contribution in [1.82, 2.24) is 19.7 Å². The summed E-state index contributed by atoms with van der Waals surface area (Å²) < 4.78 is 1.96. The van der Waals surface area contributed by atoms with Gasteiger partial charge in [0.05, 0.1) is 6.54 Å². The highest BCUT2D eigenvalue weighted by atomic mass is 16.2. The molecule has 1 aromatic carbocycles. The predicted molar refractivity (Wildman–Crippen MR) is 73.4 cm³/mol. The number of amides is 1. The van der Waals surface area contributed by atoms with Gasteiger partial charge < -0.3 is 15.2 Å². The maximum atomic E-state index is 12.7. The van der Waals surface area contributed by atoms with Crippen LogP contribution in [0.2, 0.25) is 0 Å². The van der Waals surface area contributed by atoms with Gasteiger partial charge in [-0.1, -0.05) is 30.3 Å². The first-order chi connectivity index (χ1) is 9.59. The molecular formula is C14H17N5O. The van der Waals surface area contributed by atoms with Gasteiger partial charge in [0, 0.05) is 13.1 Å². The molecule has 1 unspecified atom stereocenters. The van der Waals surface area contributed by atoms with Gasteiger partial charge in [0.25, 0.3) is 0 Å². The minimum atomic E-state index is -1.02. The second-order valence-electron chi connectivity index (χ2n) is 5.24. The number of nitrogens with zero attached hydrogens (tertiary/aromatic N) is 4. The van der Waals surface area contributed by atoms with Gasteiger partial charge in [0.15, 0.2) is 5.82 Å². The van der Waals surface area contributed by atoms with Crippen LogP contribution in [0.1, 0.15) is 18.3 Å². The van der Waals surface area contributed by atoms with Gasteiger partial charge in [-0.25, -0.2) is 0 Å². The molecule has 3 rings (SSSR count). The highest BCUT2D eigenvalue weighted by Crippen LogP contribution is 2.22. The molecule has 1 atom stereocenters. The fourth-order valence-corrected chi connectivity index (χ4v) is 2.48. The second-order valence-corrected chi connectivity index (χ2v) is 5.24. The zero-order valence-corrected chi connectivity index (χ0v) is 11.4. The smallest absolute Gasteiger partial charge is 0.247 e. The molecule has 0 aliphatic carbocycles.